The lowest BCUT2D eigenvalue weighted by Crippen LogP contribution is -2.56. The third-order valence-corrected chi connectivity index (χ3v) is 3.02. The first-order valence-corrected chi connectivity index (χ1v) is 6.01. The van der Waals surface area contributed by atoms with Gasteiger partial charge in [-0.15, -0.1) is 0 Å². The first kappa shape index (κ1) is 13.8. The van der Waals surface area contributed by atoms with Crippen molar-refractivity contribution in [3.63, 3.8) is 0 Å². The Morgan fingerprint density at radius 1 is 1.55 bits per heavy atom. The third kappa shape index (κ3) is 2.85. The summed E-state index contributed by atoms with van der Waals surface area (Å²) in [6.07, 6.45) is 1.06. The van der Waals surface area contributed by atoms with Crippen molar-refractivity contribution >= 4 is 23.6 Å². The second-order valence-electron chi connectivity index (χ2n) is 4.37. The quantitative estimate of drug-likeness (QED) is 0.646. The highest BCUT2D eigenvalue weighted by Gasteiger charge is 2.32. The number of hydrogen-bond acceptors (Lipinski definition) is 5. The highest BCUT2D eigenvalue weighted by atomic mass is 16.4. The van der Waals surface area contributed by atoms with Crippen LogP contribution in [0.4, 0.5) is 5.82 Å². The Morgan fingerprint density at radius 2 is 2.30 bits per heavy atom. The average molecular weight is 278 g/mol. The predicted molar refractivity (Wildman–Crippen MR) is 69.2 cm³/mol. The van der Waals surface area contributed by atoms with E-state index in [0.717, 1.165) is 0 Å². The third-order valence-electron chi connectivity index (χ3n) is 3.02. The van der Waals surface area contributed by atoms with Gasteiger partial charge in [-0.05, 0) is 12.1 Å². The molecule has 2 rings (SSSR count). The van der Waals surface area contributed by atoms with Crippen molar-refractivity contribution < 1.29 is 19.5 Å². The second-order valence-corrected chi connectivity index (χ2v) is 4.37. The molecule has 20 heavy (non-hydrogen) atoms. The van der Waals surface area contributed by atoms with Gasteiger partial charge in [-0.2, -0.15) is 0 Å². The van der Waals surface area contributed by atoms with Crippen LogP contribution >= 0.6 is 0 Å². The van der Waals surface area contributed by atoms with Crippen LogP contribution < -0.4 is 16.0 Å². The van der Waals surface area contributed by atoms with E-state index >= 15 is 0 Å². The van der Waals surface area contributed by atoms with Crippen LogP contribution in [0.3, 0.4) is 0 Å². The number of anilines is 1. The lowest BCUT2D eigenvalue weighted by Gasteiger charge is -2.35. The number of nitrogens with zero attached hydrogens (tertiary/aromatic N) is 2. The summed E-state index contributed by atoms with van der Waals surface area (Å²) in [7, 11) is 0. The van der Waals surface area contributed by atoms with Gasteiger partial charge in [-0.1, -0.05) is 0 Å². The number of hydrogen-bond donors (Lipinski definition) is 3. The van der Waals surface area contributed by atoms with E-state index < -0.39 is 17.9 Å². The lowest BCUT2D eigenvalue weighted by molar-refractivity contribution is -0.139. The van der Waals surface area contributed by atoms with Gasteiger partial charge in [0.05, 0.1) is 6.42 Å². The summed E-state index contributed by atoms with van der Waals surface area (Å²) in [6, 6.07) is 2.06. The molecule has 0 saturated carbocycles. The summed E-state index contributed by atoms with van der Waals surface area (Å²) in [6.45, 7) is 0.802. The van der Waals surface area contributed by atoms with Crippen molar-refractivity contribution in [3.8, 4) is 0 Å². The maximum absolute atomic E-state index is 11.8. The number of carbonyl (C=O) groups is 3. The summed E-state index contributed by atoms with van der Waals surface area (Å²) in [5, 5.41) is 11.5. The van der Waals surface area contributed by atoms with E-state index in [9.17, 15) is 14.4 Å². The molecule has 1 saturated heterocycles. The topological polar surface area (TPSA) is 126 Å². The van der Waals surface area contributed by atoms with Crippen LogP contribution in [0, 0.1) is 0 Å². The molecule has 1 aromatic rings. The smallest absolute Gasteiger partial charge is 0.305 e. The van der Waals surface area contributed by atoms with Crippen molar-refractivity contribution in [3.05, 3.63) is 23.9 Å². The summed E-state index contributed by atoms with van der Waals surface area (Å²) in [4.78, 5) is 39.5. The molecule has 0 spiro atoms. The van der Waals surface area contributed by atoms with Gasteiger partial charge in [0.15, 0.2) is 0 Å². The molecular weight excluding hydrogens is 264 g/mol. The molecule has 1 fully saturated rings. The highest BCUT2D eigenvalue weighted by Crippen LogP contribution is 2.19. The summed E-state index contributed by atoms with van der Waals surface area (Å²) < 4.78 is 0. The zero-order valence-electron chi connectivity index (χ0n) is 10.6. The van der Waals surface area contributed by atoms with Crippen LogP contribution in [0.25, 0.3) is 0 Å². The van der Waals surface area contributed by atoms with Crippen molar-refractivity contribution in [1.82, 2.24) is 10.3 Å². The molecule has 2 heterocycles. The molecule has 2 amide bonds. The number of nitrogens with one attached hydrogen (secondary N) is 1. The number of primary amides is 1. The Balaban J connectivity index is 2.32. The van der Waals surface area contributed by atoms with Gasteiger partial charge in [0.2, 0.25) is 11.8 Å². The van der Waals surface area contributed by atoms with E-state index in [1.54, 1.807) is 4.90 Å². The van der Waals surface area contributed by atoms with Gasteiger partial charge >= 0.3 is 5.97 Å². The Kier molecular flexibility index (Phi) is 3.83. The molecular formula is C12H14N4O4. The maximum atomic E-state index is 11.8. The number of nitrogens with two attached hydrogens (primary N) is 1. The normalized spacial score (nSPS) is 18.5. The van der Waals surface area contributed by atoms with Gasteiger partial charge in [0.25, 0.3) is 0 Å². The van der Waals surface area contributed by atoms with Crippen LogP contribution in [-0.4, -0.2) is 47.0 Å². The minimum Gasteiger partial charge on any atom is -0.481 e. The number of pyridine rings is 1. The van der Waals surface area contributed by atoms with Gasteiger partial charge in [-0.25, -0.2) is 4.98 Å². The molecule has 1 unspecified atom stereocenters. The van der Waals surface area contributed by atoms with Crippen molar-refractivity contribution in [2.45, 2.75) is 12.5 Å². The van der Waals surface area contributed by atoms with Crippen LogP contribution in [0.2, 0.25) is 0 Å². The highest BCUT2D eigenvalue weighted by molar-refractivity contribution is 5.94. The molecule has 8 nitrogen and oxygen atoms in total. The van der Waals surface area contributed by atoms with Gasteiger partial charge < -0.3 is 21.1 Å². The lowest BCUT2D eigenvalue weighted by atomic mass is 10.1. The molecule has 1 aliphatic heterocycles. The molecule has 8 heteroatoms. The Labute approximate surface area is 114 Å². The molecule has 0 bridgehead atoms. The van der Waals surface area contributed by atoms with E-state index in [4.69, 9.17) is 10.8 Å². The number of aliphatic carboxylic acids is 1. The number of carbonyl (C=O) groups excluding carboxylic acids is 2. The Hall–Kier alpha value is -2.64. The standard InChI is InChI=1S/C12H14N4O4/c13-11(19)7-1-2-14-9(5-7)16-4-3-15-12(20)8(16)6-10(17)18/h1-2,5,8H,3-4,6H2,(H2,13,19)(H,15,20)(H,17,18). The second kappa shape index (κ2) is 5.55. The molecule has 0 aliphatic carbocycles. The van der Waals surface area contributed by atoms with Crippen molar-refractivity contribution in [2.75, 3.05) is 18.0 Å². The average Bonchev–Trinajstić information content (AvgIpc) is 2.41. The van der Waals surface area contributed by atoms with E-state index in [0.29, 0.717) is 18.9 Å². The fourth-order valence-corrected chi connectivity index (χ4v) is 2.09. The number of carboxylic acid groups (broad SMARTS) is 1. The van der Waals surface area contributed by atoms with Crippen LogP contribution in [0.15, 0.2) is 18.3 Å². The number of piperazine rings is 1. The monoisotopic (exact) mass is 278 g/mol. The van der Waals surface area contributed by atoms with Gasteiger partial charge in [0, 0.05) is 24.8 Å². The van der Waals surface area contributed by atoms with Crippen LogP contribution in [-0.2, 0) is 9.59 Å². The summed E-state index contributed by atoms with van der Waals surface area (Å²) in [5.41, 5.74) is 5.46. The van der Waals surface area contributed by atoms with Gasteiger partial charge in [-0.3, -0.25) is 14.4 Å². The van der Waals surface area contributed by atoms with Gasteiger partial charge in [0.1, 0.15) is 11.9 Å². The number of rotatable bonds is 4. The SMILES string of the molecule is NC(=O)c1ccnc(N2CCNC(=O)C2CC(=O)O)c1. The van der Waals surface area contributed by atoms with Crippen molar-refractivity contribution in [1.29, 1.82) is 0 Å². The first-order valence-electron chi connectivity index (χ1n) is 6.01. The Morgan fingerprint density at radius 3 is 2.95 bits per heavy atom. The number of aromatic nitrogens is 1. The van der Waals surface area contributed by atoms with Crippen LogP contribution in [0.1, 0.15) is 16.8 Å². The van der Waals surface area contributed by atoms with E-state index in [1.165, 1.54) is 18.3 Å². The summed E-state index contributed by atoms with van der Waals surface area (Å²) >= 11 is 0. The molecule has 0 radical (unpaired) electrons. The molecule has 4 N–H and O–H groups in total. The molecule has 0 aromatic carbocycles. The largest absolute Gasteiger partial charge is 0.481 e. The fraction of sp³-hybridized carbons (Fsp3) is 0.333. The van der Waals surface area contributed by atoms with E-state index in [2.05, 4.69) is 10.3 Å². The van der Waals surface area contributed by atoms with E-state index in [1.807, 2.05) is 0 Å². The maximum Gasteiger partial charge on any atom is 0.305 e. The summed E-state index contributed by atoms with van der Waals surface area (Å²) in [5.74, 6) is -1.69. The molecule has 106 valence electrons. The Bertz CT molecular complexity index is 560. The minimum absolute atomic E-state index is 0.259. The van der Waals surface area contributed by atoms with Crippen molar-refractivity contribution in [2.24, 2.45) is 5.73 Å². The zero-order valence-corrected chi connectivity index (χ0v) is 10.6. The first-order chi connectivity index (χ1) is 9.49. The molecule has 1 atom stereocenters. The minimum atomic E-state index is -1.08. The molecule has 1 aromatic heterocycles. The number of amides is 2. The predicted octanol–water partition coefficient (Wildman–Crippen LogP) is -1.04. The van der Waals surface area contributed by atoms with E-state index in [-0.39, 0.29) is 17.9 Å². The fourth-order valence-electron chi connectivity index (χ4n) is 2.09. The zero-order chi connectivity index (χ0) is 14.7. The number of carboxylic acids is 1. The van der Waals surface area contributed by atoms with Crippen LogP contribution in [0.5, 0.6) is 0 Å². The molecule has 1 aliphatic rings.